The van der Waals surface area contributed by atoms with Gasteiger partial charge in [0.15, 0.2) is 0 Å². The highest BCUT2D eigenvalue weighted by atomic mass is 35.5. The Hall–Kier alpha value is -1.71. The van der Waals surface area contributed by atoms with Gasteiger partial charge in [0.1, 0.15) is 5.02 Å². The molecule has 0 heterocycles. The second-order valence-electron chi connectivity index (χ2n) is 4.07. The summed E-state index contributed by atoms with van der Waals surface area (Å²) < 4.78 is 26.2. The second kappa shape index (κ2) is 5.73. The molecule has 8 nitrogen and oxygen atoms in total. The third-order valence-corrected chi connectivity index (χ3v) is 4.47. The van der Waals surface area contributed by atoms with Crippen molar-refractivity contribution in [1.82, 2.24) is 4.72 Å². The number of hydrogen-bond acceptors (Lipinski definition) is 5. The number of primary amides is 1. The quantitative estimate of drug-likeness (QED) is 0.608. The van der Waals surface area contributed by atoms with E-state index in [1.165, 1.54) is 19.9 Å². The molecule has 3 N–H and O–H groups in total. The fourth-order valence-electron chi connectivity index (χ4n) is 1.43. The predicted molar refractivity (Wildman–Crippen MR) is 71.8 cm³/mol. The number of nitrogens with two attached hydrogens (primary N) is 1. The van der Waals surface area contributed by atoms with E-state index in [1.54, 1.807) is 0 Å². The van der Waals surface area contributed by atoms with E-state index in [2.05, 4.69) is 0 Å². The topological polar surface area (TPSA) is 132 Å². The molecule has 10 heteroatoms. The van der Waals surface area contributed by atoms with Gasteiger partial charge in [-0.1, -0.05) is 11.6 Å². The molecule has 0 spiro atoms. The minimum absolute atomic E-state index is 0.172. The maximum Gasteiger partial charge on any atom is 0.289 e. The lowest BCUT2D eigenvalue weighted by Gasteiger charge is -2.13. The number of amides is 1. The Morgan fingerprint density at radius 2 is 2.05 bits per heavy atom. The zero-order valence-electron chi connectivity index (χ0n) is 10.6. The predicted octanol–water partition coefficient (Wildman–Crippen LogP) is 0.709. The highest BCUT2D eigenvalue weighted by Crippen LogP contribution is 2.30. The Morgan fingerprint density at radius 1 is 1.50 bits per heavy atom. The number of rotatable bonds is 5. The highest BCUT2D eigenvalue weighted by molar-refractivity contribution is 7.89. The highest BCUT2D eigenvalue weighted by Gasteiger charge is 2.26. The van der Waals surface area contributed by atoms with Gasteiger partial charge in [0.25, 0.3) is 5.69 Å². The molecule has 0 aliphatic heterocycles. The van der Waals surface area contributed by atoms with Crippen LogP contribution in [0.3, 0.4) is 0 Å². The summed E-state index contributed by atoms with van der Waals surface area (Å²) >= 11 is 5.67. The first-order valence-electron chi connectivity index (χ1n) is 5.32. The van der Waals surface area contributed by atoms with E-state index < -0.39 is 32.6 Å². The molecule has 0 saturated heterocycles. The minimum atomic E-state index is -4.12. The van der Waals surface area contributed by atoms with Crippen LogP contribution >= 0.6 is 11.6 Å². The lowest BCUT2D eigenvalue weighted by molar-refractivity contribution is -0.384. The van der Waals surface area contributed by atoms with Crippen LogP contribution in [0.1, 0.15) is 12.5 Å². The van der Waals surface area contributed by atoms with Gasteiger partial charge >= 0.3 is 0 Å². The Kier molecular flexibility index (Phi) is 4.69. The fourth-order valence-corrected chi connectivity index (χ4v) is 3.17. The Bertz CT molecular complexity index is 674. The van der Waals surface area contributed by atoms with Crippen LogP contribution in [0.2, 0.25) is 5.02 Å². The van der Waals surface area contributed by atoms with Gasteiger partial charge in [-0.05, 0) is 25.5 Å². The number of nitrogens with one attached hydrogen (secondary N) is 1. The van der Waals surface area contributed by atoms with Crippen molar-refractivity contribution >= 4 is 33.2 Å². The third-order valence-electron chi connectivity index (χ3n) is 2.49. The summed E-state index contributed by atoms with van der Waals surface area (Å²) in [7, 11) is -4.12. The van der Waals surface area contributed by atoms with Crippen LogP contribution in [0.4, 0.5) is 5.69 Å². The molecule has 20 heavy (non-hydrogen) atoms. The van der Waals surface area contributed by atoms with E-state index in [1.807, 2.05) is 4.72 Å². The zero-order valence-corrected chi connectivity index (χ0v) is 12.2. The van der Waals surface area contributed by atoms with Gasteiger partial charge in [-0.15, -0.1) is 0 Å². The van der Waals surface area contributed by atoms with Crippen LogP contribution in [0.25, 0.3) is 0 Å². The molecule has 0 fully saturated rings. The van der Waals surface area contributed by atoms with Gasteiger partial charge in [-0.25, -0.2) is 8.42 Å². The van der Waals surface area contributed by atoms with Crippen LogP contribution in [0, 0.1) is 17.0 Å². The molecule has 0 aromatic heterocycles. The van der Waals surface area contributed by atoms with E-state index in [0.29, 0.717) is 0 Å². The number of benzene rings is 1. The number of carbonyl (C=O) groups excluding carboxylic acids is 1. The van der Waals surface area contributed by atoms with Gasteiger partial charge in [-0.2, -0.15) is 4.72 Å². The first kappa shape index (κ1) is 16.3. The number of sulfonamides is 1. The summed E-state index contributed by atoms with van der Waals surface area (Å²) in [6.07, 6.45) is 0. The number of nitro benzene ring substituents is 1. The maximum absolute atomic E-state index is 12.1. The number of carbonyl (C=O) groups is 1. The molecule has 1 amide bonds. The zero-order chi connectivity index (χ0) is 15.7. The van der Waals surface area contributed by atoms with Gasteiger partial charge < -0.3 is 5.73 Å². The SMILES string of the molecule is Cc1cc(Cl)c([N+](=O)[O-])cc1S(=O)(=O)NC(C)C(N)=O. The smallest absolute Gasteiger partial charge is 0.289 e. The van der Waals surface area contributed by atoms with Crippen LogP contribution in [0.15, 0.2) is 17.0 Å². The number of hydrogen-bond donors (Lipinski definition) is 2. The lowest BCUT2D eigenvalue weighted by atomic mass is 10.2. The fraction of sp³-hybridized carbons (Fsp3) is 0.300. The monoisotopic (exact) mass is 321 g/mol. The molecule has 1 atom stereocenters. The van der Waals surface area contributed by atoms with Crippen molar-refractivity contribution in [2.45, 2.75) is 24.8 Å². The second-order valence-corrected chi connectivity index (χ2v) is 6.16. The summed E-state index contributed by atoms with van der Waals surface area (Å²) in [6.45, 7) is 2.69. The Morgan fingerprint density at radius 3 is 2.50 bits per heavy atom. The van der Waals surface area contributed by atoms with Crippen molar-refractivity contribution in [1.29, 1.82) is 0 Å². The van der Waals surface area contributed by atoms with Crippen molar-refractivity contribution in [2.75, 3.05) is 0 Å². The summed E-state index contributed by atoms with van der Waals surface area (Å²) in [5.74, 6) is -0.866. The van der Waals surface area contributed by atoms with Crippen LogP contribution in [-0.2, 0) is 14.8 Å². The first-order valence-corrected chi connectivity index (χ1v) is 7.18. The van der Waals surface area contributed by atoms with Crippen molar-refractivity contribution in [3.63, 3.8) is 0 Å². The van der Waals surface area contributed by atoms with Crippen molar-refractivity contribution in [2.24, 2.45) is 5.73 Å². The van der Waals surface area contributed by atoms with Crippen molar-refractivity contribution < 1.29 is 18.1 Å². The molecular formula is C10H12ClN3O5S. The van der Waals surface area contributed by atoms with Gasteiger partial charge in [0, 0.05) is 6.07 Å². The molecule has 1 rings (SSSR count). The summed E-state index contributed by atoms with van der Waals surface area (Å²) in [5.41, 5.74) is 4.64. The summed E-state index contributed by atoms with van der Waals surface area (Å²) in [6, 6.07) is 0.866. The van der Waals surface area contributed by atoms with E-state index in [4.69, 9.17) is 17.3 Å². The average molecular weight is 322 g/mol. The molecule has 0 aliphatic carbocycles. The lowest BCUT2D eigenvalue weighted by Crippen LogP contribution is -2.42. The molecule has 0 saturated carbocycles. The van der Waals surface area contributed by atoms with Crippen molar-refractivity contribution in [3.05, 3.63) is 32.8 Å². The molecule has 0 radical (unpaired) electrons. The number of nitrogens with zero attached hydrogens (tertiary/aromatic N) is 1. The number of nitro groups is 1. The molecule has 1 aromatic rings. The molecular weight excluding hydrogens is 310 g/mol. The third kappa shape index (κ3) is 3.44. The Balaban J connectivity index is 3.35. The van der Waals surface area contributed by atoms with E-state index in [-0.39, 0.29) is 15.5 Å². The first-order chi connectivity index (χ1) is 9.06. The maximum atomic E-state index is 12.1. The van der Waals surface area contributed by atoms with Gasteiger partial charge in [-0.3, -0.25) is 14.9 Å². The molecule has 0 aliphatic rings. The number of aryl methyl sites for hydroxylation is 1. The number of halogens is 1. The van der Waals surface area contributed by atoms with Crippen LogP contribution < -0.4 is 10.5 Å². The largest absolute Gasteiger partial charge is 0.368 e. The molecule has 0 bridgehead atoms. The Labute approximate surface area is 120 Å². The van der Waals surface area contributed by atoms with Crippen LogP contribution in [0.5, 0.6) is 0 Å². The summed E-state index contributed by atoms with van der Waals surface area (Å²) in [5, 5.41) is 10.6. The van der Waals surface area contributed by atoms with Gasteiger partial charge in [0.2, 0.25) is 15.9 Å². The van der Waals surface area contributed by atoms with Gasteiger partial charge in [0.05, 0.1) is 15.9 Å². The van der Waals surface area contributed by atoms with Crippen LogP contribution in [-0.4, -0.2) is 25.3 Å². The molecule has 110 valence electrons. The summed E-state index contributed by atoms with van der Waals surface area (Å²) in [4.78, 5) is 20.5. The normalized spacial score (nSPS) is 12.9. The average Bonchev–Trinajstić information content (AvgIpc) is 2.26. The standard InChI is InChI=1S/C10H12ClN3O5S/c1-5-3-7(11)8(14(16)17)4-9(5)20(18,19)13-6(2)10(12)15/h3-4,6,13H,1-2H3,(H2,12,15). The molecule has 1 aromatic carbocycles. The van der Waals surface area contributed by atoms with Crippen molar-refractivity contribution in [3.8, 4) is 0 Å². The van der Waals surface area contributed by atoms with E-state index in [9.17, 15) is 23.3 Å². The van der Waals surface area contributed by atoms with E-state index in [0.717, 1.165) is 6.07 Å². The van der Waals surface area contributed by atoms with E-state index >= 15 is 0 Å². The molecule has 1 unspecified atom stereocenters. The minimum Gasteiger partial charge on any atom is -0.368 e.